The van der Waals surface area contributed by atoms with Crippen LogP contribution in [-0.4, -0.2) is 12.2 Å². The zero-order chi connectivity index (χ0) is 13.8. The molecule has 0 aliphatic rings. The first-order valence-electron chi connectivity index (χ1n) is 6.28. The van der Waals surface area contributed by atoms with E-state index in [0.29, 0.717) is 6.54 Å². The number of ether oxygens (including phenoxy) is 1. The van der Waals surface area contributed by atoms with E-state index in [1.54, 1.807) is 19.2 Å². The van der Waals surface area contributed by atoms with Gasteiger partial charge >= 0.3 is 0 Å². The van der Waals surface area contributed by atoms with Gasteiger partial charge in [0.15, 0.2) is 0 Å². The van der Waals surface area contributed by atoms with E-state index in [2.05, 4.69) is 25.2 Å². The number of benzene rings is 2. The smallest absolute Gasteiger partial charge is 0.120 e. The van der Waals surface area contributed by atoms with Crippen LogP contribution in [0.25, 0.3) is 0 Å². The molecule has 100 valence electrons. The highest BCUT2D eigenvalue weighted by Gasteiger charge is 2.05. The summed E-state index contributed by atoms with van der Waals surface area (Å²) in [5.41, 5.74) is 4.38. The van der Waals surface area contributed by atoms with Crippen molar-refractivity contribution < 1.29 is 9.84 Å². The van der Waals surface area contributed by atoms with Crippen LogP contribution in [0.3, 0.4) is 0 Å². The maximum Gasteiger partial charge on any atom is 0.120 e. The van der Waals surface area contributed by atoms with Crippen LogP contribution in [0.5, 0.6) is 11.5 Å². The second kappa shape index (κ2) is 5.65. The fourth-order valence-corrected chi connectivity index (χ4v) is 1.96. The van der Waals surface area contributed by atoms with Gasteiger partial charge in [-0.15, -0.1) is 0 Å². The van der Waals surface area contributed by atoms with E-state index < -0.39 is 0 Å². The van der Waals surface area contributed by atoms with E-state index in [-0.39, 0.29) is 5.75 Å². The molecular weight excluding hydrogens is 238 g/mol. The normalized spacial score (nSPS) is 10.3. The Kier molecular flexibility index (Phi) is 3.95. The SMILES string of the molecule is COc1ccc(O)c(CNc2cccc(C)c2C)c1. The first-order chi connectivity index (χ1) is 9.11. The molecule has 19 heavy (non-hydrogen) atoms. The van der Waals surface area contributed by atoms with Crippen LogP contribution >= 0.6 is 0 Å². The molecule has 0 spiro atoms. The van der Waals surface area contributed by atoms with Gasteiger partial charge in [-0.25, -0.2) is 0 Å². The number of rotatable bonds is 4. The number of phenolic OH excluding ortho intramolecular Hbond substituents is 1. The quantitative estimate of drug-likeness (QED) is 0.878. The van der Waals surface area contributed by atoms with E-state index in [9.17, 15) is 5.11 Å². The molecular formula is C16H19NO2. The van der Waals surface area contributed by atoms with Gasteiger partial charge in [0.2, 0.25) is 0 Å². The fraction of sp³-hybridized carbons (Fsp3) is 0.250. The Hall–Kier alpha value is -2.16. The van der Waals surface area contributed by atoms with E-state index in [0.717, 1.165) is 17.0 Å². The molecule has 2 N–H and O–H groups in total. The van der Waals surface area contributed by atoms with Gasteiger partial charge in [-0.2, -0.15) is 0 Å². The second-order valence-corrected chi connectivity index (χ2v) is 4.60. The molecule has 0 aromatic heterocycles. The second-order valence-electron chi connectivity index (χ2n) is 4.60. The zero-order valence-electron chi connectivity index (χ0n) is 11.5. The molecule has 2 aromatic carbocycles. The van der Waals surface area contributed by atoms with Crippen molar-refractivity contribution in [3.8, 4) is 11.5 Å². The van der Waals surface area contributed by atoms with Crippen molar-refractivity contribution >= 4 is 5.69 Å². The molecule has 0 unspecified atom stereocenters. The highest BCUT2D eigenvalue weighted by atomic mass is 16.5. The van der Waals surface area contributed by atoms with Crippen molar-refractivity contribution in [2.75, 3.05) is 12.4 Å². The molecule has 0 heterocycles. The van der Waals surface area contributed by atoms with E-state index in [4.69, 9.17) is 4.74 Å². The molecule has 2 rings (SSSR count). The average molecular weight is 257 g/mol. The number of hydrogen-bond donors (Lipinski definition) is 2. The molecule has 0 atom stereocenters. The average Bonchev–Trinajstić information content (AvgIpc) is 2.42. The summed E-state index contributed by atoms with van der Waals surface area (Å²) >= 11 is 0. The predicted molar refractivity (Wildman–Crippen MR) is 77.9 cm³/mol. The van der Waals surface area contributed by atoms with Gasteiger partial charge in [-0.3, -0.25) is 0 Å². The zero-order valence-corrected chi connectivity index (χ0v) is 11.5. The van der Waals surface area contributed by atoms with Crippen LogP contribution in [0.1, 0.15) is 16.7 Å². The first-order valence-corrected chi connectivity index (χ1v) is 6.28. The number of methoxy groups -OCH3 is 1. The monoisotopic (exact) mass is 257 g/mol. The van der Waals surface area contributed by atoms with Crippen molar-refractivity contribution in [1.82, 2.24) is 0 Å². The van der Waals surface area contributed by atoms with E-state index >= 15 is 0 Å². The van der Waals surface area contributed by atoms with Gasteiger partial charge in [0.05, 0.1) is 7.11 Å². The number of aryl methyl sites for hydroxylation is 1. The number of phenols is 1. The number of hydrogen-bond acceptors (Lipinski definition) is 3. The molecule has 3 nitrogen and oxygen atoms in total. The van der Waals surface area contributed by atoms with Gasteiger partial charge in [-0.1, -0.05) is 12.1 Å². The predicted octanol–water partition coefficient (Wildman–Crippen LogP) is 3.63. The Labute approximate surface area is 113 Å². The minimum atomic E-state index is 0.276. The Bertz CT molecular complexity index is 579. The summed E-state index contributed by atoms with van der Waals surface area (Å²) in [4.78, 5) is 0. The van der Waals surface area contributed by atoms with Crippen molar-refractivity contribution in [3.63, 3.8) is 0 Å². The minimum Gasteiger partial charge on any atom is -0.508 e. The molecule has 0 saturated heterocycles. The van der Waals surface area contributed by atoms with Crippen LogP contribution in [-0.2, 0) is 6.54 Å². The lowest BCUT2D eigenvalue weighted by Crippen LogP contribution is -2.02. The lowest BCUT2D eigenvalue weighted by Gasteiger charge is -2.13. The van der Waals surface area contributed by atoms with Gasteiger partial charge < -0.3 is 15.2 Å². The summed E-state index contributed by atoms with van der Waals surface area (Å²) in [6, 6.07) is 11.4. The van der Waals surface area contributed by atoms with Crippen LogP contribution in [0.4, 0.5) is 5.69 Å². The summed E-state index contributed by atoms with van der Waals surface area (Å²) in [6.45, 7) is 4.74. The summed E-state index contributed by atoms with van der Waals surface area (Å²) in [5.74, 6) is 1.02. The van der Waals surface area contributed by atoms with Crippen molar-refractivity contribution in [1.29, 1.82) is 0 Å². The summed E-state index contributed by atoms with van der Waals surface area (Å²) in [5, 5.41) is 13.2. The largest absolute Gasteiger partial charge is 0.508 e. The van der Waals surface area contributed by atoms with Crippen LogP contribution < -0.4 is 10.1 Å². The van der Waals surface area contributed by atoms with Crippen LogP contribution in [0.15, 0.2) is 36.4 Å². The van der Waals surface area contributed by atoms with Crippen molar-refractivity contribution in [3.05, 3.63) is 53.1 Å². The lowest BCUT2D eigenvalue weighted by atomic mass is 10.1. The number of aromatic hydroxyl groups is 1. The third-order valence-electron chi connectivity index (χ3n) is 3.36. The molecule has 3 heteroatoms. The standard InChI is InChI=1S/C16H19NO2/c1-11-5-4-6-15(12(11)2)17-10-13-9-14(19-3)7-8-16(13)18/h4-9,17-18H,10H2,1-3H3. The lowest BCUT2D eigenvalue weighted by molar-refractivity contribution is 0.411. The molecule has 0 bridgehead atoms. The fourth-order valence-electron chi connectivity index (χ4n) is 1.96. The van der Waals surface area contributed by atoms with Crippen LogP contribution in [0, 0.1) is 13.8 Å². The molecule has 0 aliphatic carbocycles. The van der Waals surface area contributed by atoms with Gasteiger partial charge in [-0.05, 0) is 49.2 Å². The topological polar surface area (TPSA) is 41.5 Å². The minimum absolute atomic E-state index is 0.276. The molecule has 0 aliphatic heterocycles. The van der Waals surface area contributed by atoms with Gasteiger partial charge in [0.1, 0.15) is 11.5 Å². The Morgan fingerprint density at radius 2 is 1.95 bits per heavy atom. The highest BCUT2D eigenvalue weighted by Crippen LogP contribution is 2.25. The number of nitrogens with one attached hydrogen (secondary N) is 1. The highest BCUT2D eigenvalue weighted by molar-refractivity contribution is 5.54. The third-order valence-corrected chi connectivity index (χ3v) is 3.36. The van der Waals surface area contributed by atoms with Crippen molar-refractivity contribution in [2.45, 2.75) is 20.4 Å². The third kappa shape index (κ3) is 2.99. The number of anilines is 1. The summed E-state index contributed by atoms with van der Waals surface area (Å²) < 4.78 is 5.17. The van der Waals surface area contributed by atoms with Crippen LogP contribution in [0.2, 0.25) is 0 Å². The van der Waals surface area contributed by atoms with E-state index in [1.807, 2.05) is 18.2 Å². The van der Waals surface area contributed by atoms with Gasteiger partial charge in [0.25, 0.3) is 0 Å². The Morgan fingerprint density at radius 3 is 2.68 bits per heavy atom. The molecule has 2 aromatic rings. The Balaban J connectivity index is 2.16. The maximum absolute atomic E-state index is 9.84. The Morgan fingerprint density at radius 1 is 1.16 bits per heavy atom. The summed E-state index contributed by atoms with van der Waals surface area (Å²) in [7, 11) is 1.62. The summed E-state index contributed by atoms with van der Waals surface area (Å²) in [6.07, 6.45) is 0. The first kappa shape index (κ1) is 13.3. The van der Waals surface area contributed by atoms with Gasteiger partial charge in [0, 0.05) is 17.8 Å². The van der Waals surface area contributed by atoms with Crippen molar-refractivity contribution in [2.24, 2.45) is 0 Å². The molecule has 0 fully saturated rings. The molecule has 0 amide bonds. The molecule has 0 saturated carbocycles. The molecule has 0 radical (unpaired) electrons. The van der Waals surface area contributed by atoms with E-state index in [1.165, 1.54) is 11.1 Å². The maximum atomic E-state index is 9.84.